The summed E-state index contributed by atoms with van der Waals surface area (Å²) in [6, 6.07) is -0.00500. The van der Waals surface area contributed by atoms with Gasteiger partial charge in [-0.15, -0.1) is 22.7 Å². The Hall–Kier alpha value is -1.27. The number of nitrogens with zero attached hydrogens (tertiary/aromatic N) is 2. The lowest BCUT2D eigenvalue weighted by Crippen LogP contribution is -2.27. The van der Waals surface area contributed by atoms with Crippen LogP contribution in [0.5, 0.6) is 0 Å². The number of hydrogen-bond acceptors (Lipinski definition) is 5. The molecule has 0 saturated heterocycles. The first-order valence-corrected chi connectivity index (χ1v) is 6.66. The highest BCUT2D eigenvalue weighted by molar-refractivity contribution is 7.11. The van der Waals surface area contributed by atoms with Gasteiger partial charge >= 0.3 is 0 Å². The first-order valence-electron chi connectivity index (χ1n) is 4.90. The van der Waals surface area contributed by atoms with E-state index in [4.69, 9.17) is 0 Å². The number of thiazole rings is 2. The molecule has 84 valence electrons. The average molecular weight is 253 g/mol. The van der Waals surface area contributed by atoms with E-state index >= 15 is 0 Å². The summed E-state index contributed by atoms with van der Waals surface area (Å²) < 4.78 is 0. The van der Waals surface area contributed by atoms with Crippen molar-refractivity contribution in [2.45, 2.75) is 19.4 Å². The molecule has 1 amide bonds. The van der Waals surface area contributed by atoms with E-state index in [1.807, 2.05) is 12.3 Å². The van der Waals surface area contributed by atoms with Crippen molar-refractivity contribution in [1.82, 2.24) is 15.3 Å². The molecule has 0 saturated carbocycles. The van der Waals surface area contributed by atoms with E-state index in [0.29, 0.717) is 4.88 Å². The van der Waals surface area contributed by atoms with Gasteiger partial charge in [-0.1, -0.05) is 6.92 Å². The van der Waals surface area contributed by atoms with E-state index in [-0.39, 0.29) is 11.9 Å². The van der Waals surface area contributed by atoms with E-state index in [1.54, 1.807) is 29.2 Å². The van der Waals surface area contributed by atoms with Crippen LogP contribution in [0.1, 0.15) is 34.1 Å². The lowest BCUT2D eigenvalue weighted by atomic mass is 10.2. The van der Waals surface area contributed by atoms with Gasteiger partial charge in [0.2, 0.25) is 0 Å². The maximum atomic E-state index is 11.8. The fourth-order valence-corrected chi connectivity index (χ4v) is 2.60. The molecule has 0 aromatic carbocycles. The molecule has 2 aromatic rings. The summed E-state index contributed by atoms with van der Waals surface area (Å²) >= 11 is 2.90. The van der Waals surface area contributed by atoms with Crippen LogP contribution in [0, 0.1) is 0 Å². The van der Waals surface area contributed by atoms with Crippen LogP contribution in [0.2, 0.25) is 0 Å². The number of hydrogen-bond donors (Lipinski definition) is 1. The van der Waals surface area contributed by atoms with E-state index in [2.05, 4.69) is 15.3 Å². The summed E-state index contributed by atoms with van der Waals surface area (Å²) in [5.41, 5.74) is 1.65. The Labute approximate surface area is 101 Å². The Balaban J connectivity index is 2.05. The van der Waals surface area contributed by atoms with Crippen LogP contribution in [0.3, 0.4) is 0 Å². The third-order valence-electron chi connectivity index (χ3n) is 2.12. The number of carbonyl (C=O) groups excluding carboxylic acids is 1. The number of aromatic nitrogens is 2. The summed E-state index contributed by atoms with van der Waals surface area (Å²) in [5, 5.41) is 5.81. The SMILES string of the molecule is CCC(NC(=O)c1cncs1)c1nccs1. The second-order valence-electron chi connectivity index (χ2n) is 3.17. The van der Waals surface area contributed by atoms with Gasteiger partial charge in [0.15, 0.2) is 0 Å². The van der Waals surface area contributed by atoms with Gasteiger partial charge in [0, 0.05) is 11.6 Å². The molecule has 0 radical (unpaired) electrons. The second-order valence-corrected chi connectivity index (χ2v) is 4.98. The van der Waals surface area contributed by atoms with Crippen LogP contribution in [-0.4, -0.2) is 15.9 Å². The molecule has 0 spiro atoms. The first kappa shape index (κ1) is 11.2. The molecule has 0 aliphatic rings. The van der Waals surface area contributed by atoms with Gasteiger partial charge in [-0.25, -0.2) is 4.98 Å². The minimum absolute atomic E-state index is 0.00500. The number of rotatable bonds is 4. The fraction of sp³-hybridized carbons (Fsp3) is 0.300. The predicted molar refractivity (Wildman–Crippen MR) is 64.7 cm³/mol. The topological polar surface area (TPSA) is 54.9 Å². The molecule has 2 aromatic heterocycles. The van der Waals surface area contributed by atoms with Gasteiger partial charge in [-0.2, -0.15) is 0 Å². The monoisotopic (exact) mass is 253 g/mol. The van der Waals surface area contributed by atoms with Gasteiger partial charge in [0.1, 0.15) is 9.88 Å². The molecule has 4 nitrogen and oxygen atoms in total. The van der Waals surface area contributed by atoms with E-state index < -0.39 is 0 Å². The summed E-state index contributed by atoms with van der Waals surface area (Å²) in [4.78, 5) is 20.5. The molecule has 2 rings (SSSR count). The molecule has 16 heavy (non-hydrogen) atoms. The molecule has 6 heteroatoms. The fourth-order valence-electron chi connectivity index (χ4n) is 1.30. The smallest absolute Gasteiger partial charge is 0.263 e. The molecular formula is C10H11N3OS2. The third-order valence-corrected chi connectivity index (χ3v) is 3.78. The molecule has 2 heterocycles. The Morgan fingerprint density at radius 1 is 1.56 bits per heavy atom. The zero-order valence-corrected chi connectivity index (χ0v) is 10.3. The summed E-state index contributed by atoms with van der Waals surface area (Å²) in [7, 11) is 0. The Bertz CT molecular complexity index is 439. The van der Waals surface area contributed by atoms with Crippen LogP contribution in [0.25, 0.3) is 0 Å². The van der Waals surface area contributed by atoms with Crippen molar-refractivity contribution < 1.29 is 4.79 Å². The molecular weight excluding hydrogens is 242 g/mol. The molecule has 0 bridgehead atoms. The van der Waals surface area contributed by atoms with Gasteiger partial charge in [0.25, 0.3) is 5.91 Å². The van der Waals surface area contributed by atoms with E-state index in [9.17, 15) is 4.79 Å². The second kappa shape index (κ2) is 5.18. The Morgan fingerprint density at radius 3 is 3.00 bits per heavy atom. The van der Waals surface area contributed by atoms with Gasteiger partial charge in [-0.3, -0.25) is 9.78 Å². The molecule has 1 atom stereocenters. The molecule has 1 unspecified atom stereocenters. The number of carbonyl (C=O) groups is 1. The maximum Gasteiger partial charge on any atom is 0.263 e. The van der Waals surface area contributed by atoms with Crippen LogP contribution in [0.15, 0.2) is 23.3 Å². The zero-order chi connectivity index (χ0) is 11.4. The summed E-state index contributed by atoms with van der Waals surface area (Å²) in [5.74, 6) is -0.0791. The first-order chi connectivity index (χ1) is 7.81. The van der Waals surface area contributed by atoms with Gasteiger partial charge in [-0.05, 0) is 6.42 Å². The highest BCUT2D eigenvalue weighted by Gasteiger charge is 2.16. The predicted octanol–water partition coefficient (Wildman–Crippen LogP) is 2.48. The number of nitrogens with one attached hydrogen (secondary N) is 1. The Kier molecular flexibility index (Phi) is 3.63. The third kappa shape index (κ3) is 2.45. The van der Waals surface area contributed by atoms with E-state index in [0.717, 1.165) is 11.4 Å². The van der Waals surface area contributed by atoms with Crippen molar-refractivity contribution in [2.75, 3.05) is 0 Å². The van der Waals surface area contributed by atoms with Gasteiger partial charge in [0.05, 0.1) is 17.7 Å². The van der Waals surface area contributed by atoms with Crippen LogP contribution >= 0.6 is 22.7 Å². The van der Waals surface area contributed by atoms with E-state index in [1.165, 1.54) is 11.3 Å². The molecule has 0 aliphatic carbocycles. The normalized spacial score (nSPS) is 12.3. The van der Waals surface area contributed by atoms with Crippen LogP contribution in [-0.2, 0) is 0 Å². The largest absolute Gasteiger partial charge is 0.342 e. The zero-order valence-electron chi connectivity index (χ0n) is 8.71. The van der Waals surface area contributed by atoms with Gasteiger partial charge < -0.3 is 5.32 Å². The van der Waals surface area contributed by atoms with Crippen molar-refractivity contribution in [2.24, 2.45) is 0 Å². The van der Waals surface area contributed by atoms with Crippen molar-refractivity contribution >= 4 is 28.6 Å². The summed E-state index contributed by atoms with van der Waals surface area (Å²) in [6.45, 7) is 2.03. The van der Waals surface area contributed by atoms with Crippen molar-refractivity contribution in [3.05, 3.63) is 33.2 Å². The minimum atomic E-state index is -0.0791. The van der Waals surface area contributed by atoms with Crippen molar-refractivity contribution in [3.63, 3.8) is 0 Å². The maximum absolute atomic E-state index is 11.8. The standard InChI is InChI=1S/C10H11N3OS2/c1-2-7(10-12-3-4-15-10)13-9(14)8-5-11-6-16-8/h3-7H,2H2,1H3,(H,13,14). The lowest BCUT2D eigenvalue weighted by Gasteiger charge is -2.13. The van der Waals surface area contributed by atoms with Crippen molar-refractivity contribution in [3.8, 4) is 0 Å². The molecule has 0 fully saturated rings. The minimum Gasteiger partial charge on any atom is -0.342 e. The molecule has 0 aliphatic heterocycles. The summed E-state index contributed by atoms with van der Waals surface area (Å²) in [6.07, 6.45) is 4.16. The highest BCUT2D eigenvalue weighted by Crippen LogP contribution is 2.19. The van der Waals surface area contributed by atoms with Crippen LogP contribution < -0.4 is 5.32 Å². The number of amides is 1. The van der Waals surface area contributed by atoms with Crippen molar-refractivity contribution in [1.29, 1.82) is 0 Å². The quantitative estimate of drug-likeness (QED) is 0.910. The van der Waals surface area contributed by atoms with Crippen LogP contribution in [0.4, 0.5) is 0 Å². The lowest BCUT2D eigenvalue weighted by molar-refractivity contribution is 0.0939. The Morgan fingerprint density at radius 2 is 2.44 bits per heavy atom. The average Bonchev–Trinajstić information content (AvgIpc) is 2.96. The molecule has 1 N–H and O–H groups in total. The highest BCUT2D eigenvalue weighted by atomic mass is 32.1.